The van der Waals surface area contributed by atoms with Crippen LogP contribution in [0.25, 0.3) is 0 Å². The molecule has 31 heavy (non-hydrogen) atoms. The lowest BCUT2D eigenvalue weighted by Gasteiger charge is -2.11. The van der Waals surface area contributed by atoms with Crippen LogP contribution in [-0.4, -0.2) is 31.1 Å². The fourth-order valence-electron chi connectivity index (χ4n) is 2.12. The molecule has 3 aromatic rings. The number of pyridine rings is 3. The Balaban J connectivity index is 0.000000429. The van der Waals surface area contributed by atoms with Crippen LogP contribution >= 0.6 is 0 Å². The summed E-state index contributed by atoms with van der Waals surface area (Å²) in [7, 11) is 5.20. The van der Waals surface area contributed by atoms with Crippen LogP contribution in [0.5, 0.6) is 17.2 Å². The lowest BCUT2D eigenvalue weighted by Crippen LogP contribution is -2.14. The van der Waals surface area contributed by atoms with Crippen LogP contribution in [0.1, 0.15) is 17.1 Å². The molecule has 10 heteroatoms. The van der Waals surface area contributed by atoms with E-state index >= 15 is 0 Å². The largest absolute Gasteiger partial charge is 0.869 e. The van der Waals surface area contributed by atoms with E-state index in [1.54, 1.807) is 74.2 Å². The molecule has 0 bridgehead atoms. The van der Waals surface area contributed by atoms with Gasteiger partial charge in [0.1, 0.15) is 0 Å². The van der Waals surface area contributed by atoms with Gasteiger partial charge in [0.15, 0.2) is 16.3 Å². The molecule has 3 aromatic heterocycles. The van der Waals surface area contributed by atoms with Crippen LogP contribution in [-0.2, 0) is 21.1 Å². The summed E-state index contributed by atoms with van der Waals surface area (Å²) in [4.78, 5) is 32.0. The van der Waals surface area contributed by atoms with E-state index in [4.69, 9.17) is 0 Å². The van der Waals surface area contributed by atoms with Gasteiger partial charge in [-0.3, -0.25) is 14.4 Å². The molecular formula is C21H24AlN3O6-3. The van der Waals surface area contributed by atoms with Gasteiger partial charge in [-0.15, -0.1) is 0 Å². The van der Waals surface area contributed by atoms with Crippen LogP contribution in [0.2, 0.25) is 0 Å². The van der Waals surface area contributed by atoms with Crippen molar-refractivity contribution in [1.29, 1.82) is 0 Å². The van der Waals surface area contributed by atoms with Gasteiger partial charge < -0.3 is 29.0 Å². The summed E-state index contributed by atoms with van der Waals surface area (Å²) in [5.41, 5.74) is 0.134. The predicted octanol–water partition coefficient (Wildman–Crippen LogP) is -1.08. The van der Waals surface area contributed by atoms with Crippen molar-refractivity contribution < 1.29 is 15.3 Å². The van der Waals surface area contributed by atoms with Crippen LogP contribution < -0.4 is 31.6 Å². The van der Waals surface area contributed by atoms with Gasteiger partial charge in [0, 0.05) is 92.4 Å². The van der Waals surface area contributed by atoms with Crippen molar-refractivity contribution in [2.75, 3.05) is 0 Å². The number of rotatable bonds is 0. The molecule has 9 nitrogen and oxygen atoms in total. The van der Waals surface area contributed by atoms with Crippen LogP contribution in [0, 0.1) is 20.8 Å². The lowest BCUT2D eigenvalue weighted by molar-refractivity contribution is -0.272. The highest BCUT2D eigenvalue weighted by molar-refractivity contribution is 5.75. The second kappa shape index (κ2) is 11.8. The van der Waals surface area contributed by atoms with Gasteiger partial charge in [-0.05, 0) is 38.0 Å². The number of hydrogen-bond donors (Lipinski definition) is 0. The molecule has 0 aliphatic heterocycles. The fourth-order valence-corrected chi connectivity index (χ4v) is 2.12. The third kappa shape index (κ3) is 7.20. The van der Waals surface area contributed by atoms with Gasteiger partial charge >= 0.3 is 0 Å². The van der Waals surface area contributed by atoms with E-state index < -0.39 is 33.5 Å². The quantitative estimate of drug-likeness (QED) is 0.407. The van der Waals surface area contributed by atoms with Crippen molar-refractivity contribution in [3.05, 3.63) is 84.5 Å². The Labute approximate surface area is 190 Å². The molecule has 165 valence electrons. The van der Waals surface area contributed by atoms with Gasteiger partial charge in [0.2, 0.25) is 0 Å². The molecule has 3 radical (unpaired) electrons. The second-order valence-electron chi connectivity index (χ2n) is 6.62. The summed E-state index contributed by atoms with van der Waals surface area (Å²) in [6.45, 7) is 4.89. The highest BCUT2D eigenvalue weighted by Crippen LogP contribution is 2.03. The Morgan fingerprint density at radius 1 is 0.548 bits per heavy atom. The molecule has 0 aromatic carbocycles. The highest BCUT2D eigenvalue weighted by Gasteiger charge is 1.93. The normalized spacial score (nSPS) is 9.48. The maximum Gasteiger partial charge on any atom is 0.174 e. The smallest absolute Gasteiger partial charge is 0.174 e. The summed E-state index contributed by atoms with van der Waals surface area (Å²) >= 11 is 0. The van der Waals surface area contributed by atoms with Gasteiger partial charge in [-0.1, -0.05) is 0 Å². The first-order valence-electron chi connectivity index (χ1n) is 8.88. The summed E-state index contributed by atoms with van der Waals surface area (Å²) in [6.07, 6.45) is 4.75. The fraction of sp³-hybridized carbons (Fsp3) is 0.286. The molecule has 0 unspecified atom stereocenters. The zero-order valence-electron chi connectivity index (χ0n) is 18.3. The first-order valence-corrected chi connectivity index (χ1v) is 8.88. The Morgan fingerprint density at radius 3 is 0.903 bits per heavy atom. The average molecular weight is 441 g/mol. The summed E-state index contributed by atoms with van der Waals surface area (Å²) < 4.78 is 4.89. The first-order chi connectivity index (χ1) is 13.9. The molecule has 0 amide bonds. The minimum Gasteiger partial charge on any atom is -0.869 e. The highest BCUT2D eigenvalue weighted by atomic mass is 27.0. The van der Waals surface area contributed by atoms with Crippen LogP contribution in [0.15, 0.2) is 51.2 Å². The summed E-state index contributed by atoms with van der Waals surface area (Å²) in [6, 6.07) is 3.82. The summed E-state index contributed by atoms with van der Waals surface area (Å²) in [5, 5.41) is 32.6. The molecule has 0 saturated carbocycles. The standard InChI is InChI=1S/3C7H9NO2.Al/c3*1-5-7(10)6(9)3-4-8(5)2;/h3*3-4,10H,1-2H3;/p-3. The van der Waals surface area contributed by atoms with Gasteiger partial charge in [0.05, 0.1) is 0 Å². The van der Waals surface area contributed by atoms with E-state index in [0.29, 0.717) is 17.1 Å². The zero-order chi connectivity index (χ0) is 23.2. The Hall–Kier alpha value is -3.22. The molecule has 0 N–H and O–H groups in total. The molecule has 0 aliphatic rings. The molecule has 0 fully saturated rings. The maximum absolute atomic E-state index is 10.9. The Morgan fingerprint density at radius 2 is 0.742 bits per heavy atom. The van der Waals surface area contributed by atoms with Gasteiger partial charge in [-0.2, -0.15) is 0 Å². The van der Waals surface area contributed by atoms with Crippen molar-refractivity contribution >= 4 is 17.4 Å². The molecule has 0 saturated heterocycles. The topological polar surface area (TPSA) is 135 Å². The minimum atomic E-state index is -0.435. The lowest BCUT2D eigenvalue weighted by atomic mass is 10.3. The van der Waals surface area contributed by atoms with Crippen LogP contribution in [0.3, 0.4) is 0 Å². The molecular weight excluding hydrogens is 417 g/mol. The number of aromatic nitrogens is 3. The first kappa shape index (κ1) is 27.8. The van der Waals surface area contributed by atoms with Crippen molar-refractivity contribution in [3.8, 4) is 17.2 Å². The SMILES string of the molecule is Cc1c([O-])c(=O)ccn1C.Cc1c([O-])c(=O)ccn1C.Cc1c([O-])c(=O)ccn1C.[Al]. The molecule has 0 atom stereocenters. The third-order valence-corrected chi connectivity index (χ3v) is 4.59. The molecule has 3 heterocycles. The van der Waals surface area contributed by atoms with Crippen molar-refractivity contribution in [3.63, 3.8) is 0 Å². The molecule has 0 aliphatic carbocycles. The number of nitrogens with zero attached hydrogens (tertiary/aromatic N) is 3. The van der Waals surface area contributed by atoms with E-state index in [-0.39, 0.29) is 17.4 Å². The van der Waals surface area contributed by atoms with E-state index in [2.05, 4.69) is 0 Å². The van der Waals surface area contributed by atoms with Crippen molar-refractivity contribution in [2.24, 2.45) is 21.1 Å². The zero-order valence-corrected chi connectivity index (χ0v) is 19.5. The number of aryl methyl sites for hydroxylation is 3. The summed E-state index contributed by atoms with van der Waals surface area (Å²) in [5.74, 6) is -1.24. The predicted molar refractivity (Wildman–Crippen MR) is 113 cm³/mol. The maximum atomic E-state index is 10.9. The third-order valence-electron chi connectivity index (χ3n) is 4.59. The Kier molecular flexibility index (Phi) is 10.6. The van der Waals surface area contributed by atoms with E-state index in [1.807, 2.05) is 0 Å². The minimum absolute atomic E-state index is 0. The van der Waals surface area contributed by atoms with Gasteiger partial charge in [0.25, 0.3) is 0 Å². The monoisotopic (exact) mass is 441 g/mol. The van der Waals surface area contributed by atoms with Gasteiger partial charge in [-0.25, -0.2) is 0 Å². The van der Waals surface area contributed by atoms with E-state index in [0.717, 1.165) is 0 Å². The average Bonchev–Trinajstić information content (AvgIpc) is 2.73. The number of hydrogen-bond acceptors (Lipinski definition) is 6. The van der Waals surface area contributed by atoms with Crippen molar-refractivity contribution in [2.45, 2.75) is 20.8 Å². The van der Waals surface area contributed by atoms with Crippen molar-refractivity contribution in [1.82, 2.24) is 13.7 Å². The molecule has 3 rings (SSSR count). The van der Waals surface area contributed by atoms with E-state index in [9.17, 15) is 29.7 Å². The Bertz CT molecular complexity index is 1060. The second-order valence-corrected chi connectivity index (χ2v) is 6.62. The van der Waals surface area contributed by atoms with Crippen LogP contribution in [0.4, 0.5) is 0 Å². The van der Waals surface area contributed by atoms with E-state index in [1.165, 1.54) is 18.2 Å². The molecule has 0 spiro atoms.